The molecule has 0 aliphatic carbocycles. The summed E-state index contributed by atoms with van der Waals surface area (Å²) in [6.45, 7) is -0.157. The van der Waals surface area contributed by atoms with Crippen LogP contribution in [0.25, 0.3) is 66.1 Å². The second-order valence-corrected chi connectivity index (χ2v) is 15.6. The summed E-state index contributed by atoms with van der Waals surface area (Å²) < 4.78 is 26.9. The van der Waals surface area contributed by atoms with Gasteiger partial charge in [0.15, 0.2) is 0 Å². The molecule has 0 radical (unpaired) electrons. The van der Waals surface area contributed by atoms with Crippen molar-refractivity contribution in [3.63, 3.8) is 0 Å². The number of hydrogen-bond acceptors (Lipinski definition) is 5. The van der Waals surface area contributed by atoms with Crippen molar-refractivity contribution < 1.29 is 18.3 Å². The van der Waals surface area contributed by atoms with E-state index in [0.717, 1.165) is 123 Å². The fourth-order valence-corrected chi connectivity index (χ4v) is 9.50. The minimum absolute atomic E-state index is 0.157. The van der Waals surface area contributed by atoms with Gasteiger partial charge in [-0.05, 0) is 82.7 Å². The summed E-state index contributed by atoms with van der Waals surface area (Å²) in [6, 6.07) is 67.6. The average molecular weight is 770 g/mol. The molecule has 6 heteroatoms. The highest BCUT2D eigenvalue weighted by atomic mass is 16.5. The van der Waals surface area contributed by atoms with Gasteiger partial charge in [-0.15, -0.1) is 0 Å². The van der Waals surface area contributed by atoms with Crippen LogP contribution in [0.15, 0.2) is 203 Å². The SMILES string of the molecule is c1ccc(N(c2ccccc2)c2cc3c4c(c2)Oc2c(cccc2-c2ccc5oc6ccccc6c5c2)B4c2cccc(-c4ccc5oc6ccccc6c5c4)c2O3)cc1. The standard InChI is InChI=1S/C54H32BNO4/c1-3-13-35(14-4-1)56(36-15-5-2-6-16-36)37-31-50-52-51(32-37)60-54-39(34-26-28-49-43(30-34)41-18-8-10-24-47(41)58-49)20-12-22-45(54)55(52)44-21-11-19-38(53(44)59-50)33-25-27-48-42(29-33)40-17-7-9-23-46(40)57-48/h1-32H. The molecule has 0 fully saturated rings. The minimum Gasteiger partial charge on any atom is -0.458 e. The van der Waals surface area contributed by atoms with Crippen molar-refractivity contribution in [1.29, 1.82) is 0 Å². The molecule has 2 aliphatic rings. The molecule has 0 atom stereocenters. The summed E-state index contributed by atoms with van der Waals surface area (Å²) in [5.41, 5.74) is 13.8. The lowest BCUT2D eigenvalue weighted by Crippen LogP contribution is -2.57. The fraction of sp³-hybridized carbons (Fsp3) is 0. The molecule has 0 spiro atoms. The van der Waals surface area contributed by atoms with E-state index in [9.17, 15) is 0 Å². The van der Waals surface area contributed by atoms with Gasteiger partial charge in [0.25, 0.3) is 6.71 Å². The van der Waals surface area contributed by atoms with E-state index in [1.165, 1.54) is 0 Å². The zero-order valence-corrected chi connectivity index (χ0v) is 32.1. The maximum Gasteiger partial charge on any atom is 0.260 e. The Kier molecular flexibility index (Phi) is 7.04. The molecule has 0 bridgehead atoms. The van der Waals surface area contributed by atoms with Crippen LogP contribution in [0.5, 0.6) is 23.0 Å². The molecule has 2 aliphatic heterocycles. The first kappa shape index (κ1) is 33.1. The molecule has 0 unspecified atom stereocenters. The number of nitrogens with zero attached hydrogens (tertiary/aromatic N) is 1. The van der Waals surface area contributed by atoms with Crippen molar-refractivity contribution in [3.8, 4) is 45.3 Å². The monoisotopic (exact) mass is 769 g/mol. The van der Waals surface area contributed by atoms with Gasteiger partial charge in [0.2, 0.25) is 0 Å². The van der Waals surface area contributed by atoms with Crippen molar-refractivity contribution >= 4 is 84.0 Å². The number of hydrogen-bond donors (Lipinski definition) is 0. The second kappa shape index (κ2) is 12.8. The maximum absolute atomic E-state index is 7.22. The Morgan fingerprint density at radius 2 is 0.800 bits per heavy atom. The summed E-state index contributed by atoms with van der Waals surface area (Å²) in [6.07, 6.45) is 0. The van der Waals surface area contributed by atoms with E-state index in [0.29, 0.717) is 0 Å². The van der Waals surface area contributed by atoms with E-state index in [-0.39, 0.29) is 6.71 Å². The smallest absolute Gasteiger partial charge is 0.260 e. The Bertz CT molecular complexity index is 3290. The number of anilines is 3. The third kappa shape index (κ3) is 4.94. The number of benzene rings is 9. The highest BCUT2D eigenvalue weighted by Gasteiger charge is 2.42. The first-order valence-electron chi connectivity index (χ1n) is 20.3. The van der Waals surface area contributed by atoms with Crippen LogP contribution in [0.4, 0.5) is 17.1 Å². The normalized spacial score (nSPS) is 12.6. The van der Waals surface area contributed by atoms with Crippen molar-refractivity contribution in [2.24, 2.45) is 0 Å². The Morgan fingerprint density at radius 3 is 1.30 bits per heavy atom. The van der Waals surface area contributed by atoms with Gasteiger partial charge in [0, 0.05) is 61.6 Å². The molecule has 0 saturated carbocycles. The van der Waals surface area contributed by atoms with Gasteiger partial charge in [-0.25, -0.2) is 0 Å². The van der Waals surface area contributed by atoms with Crippen LogP contribution >= 0.6 is 0 Å². The number of rotatable bonds is 5. The highest BCUT2D eigenvalue weighted by molar-refractivity contribution is 6.98. The van der Waals surface area contributed by atoms with E-state index >= 15 is 0 Å². The van der Waals surface area contributed by atoms with E-state index < -0.39 is 0 Å². The van der Waals surface area contributed by atoms with Crippen LogP contribution in [0.2, 0.25) is 0 Å². The van der Waals surface area contributed by atoms with Crippen LogP contribution in [-0.4, -0.2) is 6.71 Å². The fourth-order valence-electron chi connectivity index (χ4n) is 9.50. The molecule has 11 aromatic rings. The minimum atomic E-state index is -0.157. The van der Waals surface area contributed by atoms with E-state index in [4.69, 9.17) is 18.3 Å². The molecule has 0 saturated heterocycles. The van der Waals surface area contributed by atoms with Crippen LogP contribution in [-0.2, 0) is 0 Å². The number of ether oxygens (including phenoxy) is 2. The molecule has 280 valence electrons. The summed E-state index contributed by atoms with van der Waals surface area (Å²) in [5.74, 6) is 3.20. The number of para-hydroxylation sites is 6. The molecular weight excluding hydrogens is 737 g/mol. The Balaban J connectivity index is 1.05. The molecular formula is C54H32BNO4. The highest BCUT2D eigenvalue weighted by Crippen LogP contribution is 2.47. The third-order valence-electron chi connectivity index (χ3n) is 12.2. The predicted octanol–water partition coefficient (Wildman–Crippen LogP) is 13.0. The molecule has 13 rings (SSSR count). The van der Waals surface area contributed by atoms with Gasteiger partial charge in [-0.3, -0.25) is 0 Å². The third-order valence-corrected chi connectivity index (χ3v) is 12.2. The maximum atomic E-state index is 7.22. The first-order valence-corrected chi connectivity index (χ1v) is 20.3. The van der Waals surface area contributed by atoms with E-state index in [2.05, 4.69) is 163 Å². The summed E-state index contributed by atoms with van der Waals surface area (Å²) in [7, 11) is 0. The second-order valence-electron chi connectivity index (χ2n) is 15.6. The lowest BCUT2D eigenvalue weighted by molar-refractivity contribution is 0.466. The molecule has 4 heterocycles. The summed E-state index contributed by atoms with van der Waals surface area (Å²) >= 11 is 0. The van der Waals surface area contributed by atoms with Crippen molar-refractivity contribution in [3.05, 3.63) is 194 Å². The summed E-state index contributed by atoms with van der Waals surface area (Å²) in [5, 5.41) is 4.33. The number of fused-ring (bicyclic) bond motifs is 10. The molecule has 9 aromatic carbocycles. The zero-order chi connectivity index (χ0) is 39.3. The van der Waals surface area contributed by atoms with Crippen LogP contribution in [0.1, 0.15) is 0 Å². The quantitative estimate of drug-likeness (QED) is 0.163. The molecule has 2 aromatic heterocycles. The molecule has 5 nitrogen and oxygen atoms in total. The van der Waals surface area contributed by atoms with Crippen LogP contribution in [0, 0.1) is 0 Å². The predicted molar refractivity (Wildman–Crippen MR) is 244 cm³/mol. The molecule has 0 N–H and O–H groups in total. The van der Waals surface area contributed by atoms with Crippen molar-refractivity contribution in [2.75, 3.05) is 4.90 Å². The van der Waals surface area contributed by atoms with Gasteiger partial charge in [0.05, 0.1) is 5.69 Å². The van der Waals surface area contributed by atoms with Crippen molar-refractivity contribution in [2.45, 2.75) is 0 Å². The first-order chi connectivity index (χ1) is 29.7. The van der Waals surface area contributed by atoms with Gasteiger partial charge in [-0.2, -0.15) is 0 Å². The zero-order valence-electron chi connectivity index (χ0n) is 32.1. The van der Waals surface area contributed by atoms with Crippen LogP contribution < -0.4 is 30.8 Å². The van der Waals surface area contributed by atoms with Gasteiger partial charge >= 0.3 is 0 Å². The molecule has 0 amide bonds. The lowest BCUT2D eigenvalue weighted by atomic mass is 9.34. The van der Waals surface area contributed by atoms with Gasteiger partial charge < -0.3 is 23.2 Å². The van der Waals surface area contributed by atoms with E-state index in [1.54, 1.807) is 0 Å². The largest absolute Gasteiger partial charge is 0.458 e. The van der Waals surface area contributed by atoms with Crippen molar-refractivity contribution in [1.82, 2.24) is 0 Å². The lowest BCUT2D eigenvalue weighted by Gasteiger charge is -2.36. The summed E-state index contributed by atoms with van der Waals surface area (Å²) in [4.78, 5) is 2.26. The topological polar surface area (TPSA) is 48.0 Å². The van der Waals surface area contributed by atoms with Gasteiger partial charge in [0.1, 0.15) is 45.3 Å². The molecule has 60 heavy (non-hydrogen) atoms. The van der Waals surface area contributed by atoms with Crippen LogP contribution in [0.3, 0.4) is 0 Å². The van der Waals surface area contributed by atoms with Gasteiger partial charge in [-0.1, -0.05) is 121 Å². The average Bonchev–Trinajstić information content (AvgIpc) is 3.87. The Hall–Kier alpha value is -7.96. The van der Waals surface area contributed by atoms with E-state index in [1.807, 2.05) is 36.4 Å². The Labute approximate surface area is 345 Å². The Morgan fingerprint density at radius 1 is 0.350 bits per heavy atom. The number of furan rings is 2.